The average Bonchev–Trinajstić information content (AvgIpc) is 3.05. The van der Waals surface area contributed by atoms with Crippen molar-refractivity contribution in [2.75, 3.05) is 13.1 Å². The summed E-state index contributed by atoms with van der Waals surface area (Å²) in [6.07, 6.45) is -2.72. The van der Waals surface area contributed by atoms with Crippen LogP contribution < -0.4 is 10.6 Å². The lowest BCUT2D eigenvalue weighted by molar-refractivity contribution is -0.138. The van der Waals surface area contributed by atoms with E-state index in [4.69, 9.17) is 4.42 Å². The van der Waals surface area contributed by atoms with E-state index >= 15 is 0 Å². The second-order valence-electron chi connectivity index (χ2n) is 5.15. The highest BCUT2D eigenvalue weighted by molar-refractivity contribution is 5.84. The Morgan fingerprint density at radius 2 is 1.80 bits per heavy atom. The van der Waals surface area contributed by atoms with Crippen molar-refractivity contribution in [3.8, 4) is 11.3 Å². The summed E-state index contributed by atoms with van der Waals surface area (Å²) in [5, 5.41) is 3.90. The van der Waals surface area contributed by atoms with Crippen molar-refractivity contribution in [2.45, 2.75) is 19.0 Å². The van der Waals surface area contributed by atoms with Crippen molar-refractivity contribution in [1.82, 2.24) is 15.6 Å². The Morgan fingerprint density at radius 3 is 2.48 bits per heavy atom. The van der Waals surface area contributed by atoms with Crippen LogP contribution in [-0.2, 0) is 16.0 Å². The summed E-state index contributed by atoms with van der Waals surface area (Å²) in [5.41, 5.74) is 0.854. The van der Waals surface area contributed by atoms with Crippen LogP contribution in [0.2, 0.25) is 0 Å². The van der Waals surface area contributed by atoms with Gasteiger partial charge >= 0.3 is 6.18 Å². The van der Waals surface area contributed by atoms with Gasteiger partial charge in [0.15, 0.2) is 11.7 Å². The molecule has 2 rings (SSSR count). The number of alkyl halides is 3. The van der Waals surface area contributed by atoms with Gasteiger partial charge in [-0.1, -0.05) is 30.3 Å². The third kappa shape index (κ3) is 6.66. The number of hydrogen-bond acceptors (Lipinski definition) is 4. The number of oxazole rings is 1. The summed E-state index contributed by atoms with van der Waals surface area (Å²) >= 11 is 0. The van der Waals surface area contributed by atoms with E-state index in [0.29, 0.717) is 11.7 Å². The van der Waals surface area contributed by atoms with Gasteiger partial charge in [-0.05, 0) is 0 Å². The zero-order chi connectivity index (χ0) is 18.3. The normalized spacial score (nSPS) is 11.2. The van der Waals surface area contributed by atoms with E-state index in [2.05, 4.69) is 10.3 Å². The minimum Gasteiger partial charge on any atom is -0.441 e. The maximum atomic E-state index is 11.9. The fraction of sp³-hybridized carbons (Fsp3) is 0.312. The molecule has 134 valence electrons. The molecule has 6 nitrogen and oxygen atoms in total. The zero-order valence-electron chi connectivity index (χ0n) is 13.1. The summed E-state index contributed by atoms with van der Waals surface area (Å²) < 4.78 is 41.3. The molecular formula is C16H16F3N3O3. The molecule has 0 radical (unpaired) electrons. The highest BCUT2D eigenvalue weighted by Crippen LogP contribution is 2.20. The van der Waals surface area contributed by atoms with Gasteiger partial charge in [-0.25, -0.2) is 4.98 Å². The molecule has 25 heavy (non-hydrogen) atoms. The van der Waals surface area contributed by atoms with E-state index in [1.54, 1.807) is 11.5 Å². The molecular weight excluding hydrogens is 339 g/mol. The highest BCUT2D eigenvalue weighted by atomic mass is 19.4. The smallest absolute Gasteiger partial charge is 0.405 e. The number of amides is 2. The number of carbonyl (C=O) groups excluding carboxylic acids is 2. The quantitative estimate of drug-likeness (QED) is 0.796. The van der Waals surface area contributed by atoms with Crippen LogP contribution in [0, 0.1) is 0 Å². The van der Waals surface area contributed by atoms with Gasteiger partial charge in [0.1, 0.15) is 6.54 Å². The summed E-state index contributed by atoms with van der Waals surface area (Å²) in [4.78, 5) is 26.9. The van der Waals surface area contributed by atoms with Crippen molar-refractivity contribution in [1.29, 1.82) is 0 Å². The molecule has 0 bridgehead atoms. The second kappa shape index (κ2) is 8.32. The van der Waals surface area contributed by atoms with Crippen LogP contribution in [-0.4, -0.2) is 36.1 Å². The first-order valence-electron chi connectivity index (χ1n) is 7.44. The third-order valence-corrected chi connectivity index (χ3v) is 3.11. The van der Waals surface area contributed by atoms with Gasteiger partial charge in [0.2, 0.25) is 11.8 Å². The van der Waals surface area contributed by atoms with E-state index in [1.807, 2.05) is 30.3 Å². The summed E-state index contributed by atoms with van der Waals surface area (Å²) in [6, 6.07) is 9.30. The molecule has 0 unspecified atom stereocenters. The highest BCUT2D eigenvalue weighted by Gasteiger charge is 2.27. The fourth-order valence-corrected chi connectivity index (χ4v) is 1.91. The molecule has 1 heterocycles. The van der Waals surface area contributed by atoms with Gasteiger partial charge in [0.05, 0.1) is 12.7 Å². The molecule has 0 aliphatic heterocycles. The molecule has 0 aliphatic rings. The van der Waals surface area contributed by atoms with Gasteiger partial charge in [-0.3, -0.25) is 9.59 Å². The first-order chi connectivity index (χ1) is 11.8. The van der Waals surface area contributed by atoms with Gasteiger partial charge in [-0.2, -0.15) is 13.2 Å². The molecule has 2 N–H and O–H groups in total. The van der Waals surface area contributed by atoms with Crippen LogP contribution in [0.15, 0.2) is 40.9 Å². The Labute approximate surface area is 141 Å². The van der Waals surface area contributed by atoms with Gasteiger partial charge in [0.25, 0.3) is 0 Å². The standard InChI is InChI=1S/C16H16F3N3O3/c17-16(18,19)10-22-14(24)9-20-13(23)6-7-15-21-8-12(25-15)11-4-2-1-3-5-11/h1-5,8H,6-7,9-10H2,(H,20,23)(H,22,24). The number of halogens is 3. The summed E-state index contributed by atoms with van der Waals surface area (Å²) in [6.45, 7) is -1.95. The number of hydrogen-bond donors (Lipinski definition) is 2. The molecule has 2 aromatic rings. The molecule has 0 spiro atoms. The average molecular weight is 355 g/mol. The number of aromatic nitrogens is 1. The molecule has 0 fully saturated rings. The maximum absolute atomic E-state index is 11.9. The monoisotopic (exact) mass is 355 g/mol. The zero-order valence-corrected chi connectivity index (χ0v) is 13.1. The Hall–Kier alpha value is -2.84. The lowest BCUT2D eigenvalue weighted by Gasteiger charge is -2.08. The van der Waals surface area contributed by atoms with Gasteiger partial charge in [0, 0.05) is 18.4 Å². The molecule has 2 amide bonds. The fourth-order valence-electron chi connectivity index (χ4n) is 1.91. The Morgan fingerprint density at radius 1 is 1.08 bits per heavy atom. The van der Waals surface area contributed by atoms with Gasteiger partial charge < -0.3 is 15.1 Å². The van der Waals surface area contributed by atoms with E-state index < -0.39 is 31.1 Å². The number of aryl methyl sites for hydroxylation is 1. The first-order valence-corrected chi connectivity index (χ1v) is 7.44. The van der Waals surface area contributed by atoms with Crippen LogP contribution in [0.4, 0.5) is 13.2 Å². The van der Waals surface area contributed by atoms with Crippen LogP contribution in [0.5, 0.6) is 0 Å². The molecule has 9 heteroatoms. The van der Waals surface area contributed by atoms with Crippen LogP contribution in [0.3, 0.4) is 0 Å². The Kier molecular flexibility index (Phi) is 6.15. The Bertz CT molecular complexity index is 714. The maximum Gasteiger partial charge on any atom is 0.405 e. The summed E-state index contributed by atoms with van der Waals surface area (Å²) in [5.74, 6) is -0.465. The number of nitrogens with zero attached hydrogens (tertiary/aromatic N) is 1. The third-order valence-electron chi connectivity index (χ3n) is 3.11. The predicted octanol–water partition coefficient (Wildman–Crippen LogP) is 2.07. The molecule has 0 saturated heterocycles. The largest absolute Gasteiger partial charge is 0.441 e. The number of carbonyl (C=O) groups is 2. The minimum atomic E-state index is -4.49. The summed E-state index contributed by atoms with van der Waals surface area (Å²) in [7, 11) is 0. The topological polar surface area (TPSA) is 84.2 Å². The number of rotatable bonds is 7. The SMILES string of the molecule is O=C(CCc1ncc(-c2ccccc2)o1)NCC(=O)NCC(F)(F)F. The second-order valence-corrected chi connectivity index (χ2v) is 5.15. The van der Waals surface area contributed by atoms with E-state index in [1.165, 1.54) is 0 Å². The first kappa shape index (κ1) is 18.5. The molecule has 1 aromatic carbocycles. The van der Waals surface area contributed by atoms with E-state index in [0.717, 1.165) is 5.56 Å². The van der Waals surface area contributed by atoms with Crippen molar-refractivity contribution >= 4 is 11.8 Å². The Balaban J connectivity index is 1.72. The van der Waals surface area contributed by atoms with Crippen molar-refractivity contribution in [3.63, 3.8) is 0 Å². The molecule has 0 atom stereocenters. The lowest BCUT2D eigenvalue weighted by Crippen LogP contribution is -2.40. The van der Waals surface area contributed by atoms with E-state index in [-0.39, 0.29) is 12.8 Å². The van der Waals surface area contributed by atoms with Crippen LogP contribution >= 0.6 is 0 Å². The van der Waals surface area contributed by atoms with E-state index in [9.17, 15) is 22.8 Å². The van der Waals surface area contributed by atoms with Crippen LogP contribution in [0.1, 0.15) is 12.3 Å². The molecule has 0 aliphatic carbocycles. The lowest BCUT2D eigenvalue weighted by atomic mass is 10.2. The predicted molar refractivity (Wildman–Crippen MR) is 82.3 cm³/mol. The van der Waals surface area contributed by atoms with Crippen molar-refractivity contribution in [2.24, 2.45) is 0 Å². The van der Waals surface area contributed by atoms with Gasteiger partial charge in [-0.15, -0.1) is 0 Å². The minimum absolute atomic E-state index is 0.00128. The number of benzene rings is 1. The molecule has 1 aromatic heterocycles. The molecule has 0 saturated carbocycles. The van der Waals surface area contributed by atoms with Crippen molar-refractivity contribution < 1.29 is 27.2 Å². The van der Waals surface area contributed by atoms with Crippen molar-refractivity contribution in [3.05, 3.63) is 42.4 Å². The number of nitrogens with one attached hydrogen (secondary N) is 2. The van der Waals surface area contributed by atoms with Crippen LogP contribution in [0.25, 0.3) is 11.3 Å².